The number of fused-ring (bicyclic) bond motifs is 4. The van der Waals surface area contributed by atoms with Gasteiger partial charge in [0, 0.05) is 54.6 Å². The van der Waals surface area contributed by atoms with Crippen LogP contribution in [0.3, 0.4) is 0 Å². The summed E-state index contributed by atoms with van der Waals surface area (Å²) < 4.78 is 28.0. The Morgan fingerprint density at radius 3 is 2.63 bits per heavy atom. The van der Waals surface area contributed by atoms with Gasteiger partial charge >= 0.3 is 0 Å². The van der Waals surface area contributed by atoms with Gasteiger partial charge in [-0.15, -0.1) is 0 Å². The fourth-order valence-electron chi connectivity index (χ4n) is 4.90. The second-order valence-corrected chi connectivity index (χ2v) is 8.08. The average Bonchev–Trinajstić information content (AvgIpc) is 3.26. The second kappa shape index (κ2) is 6.32. The van der Waals surface area contributed by atoms with Crippen LogP contribution < -0.4 is 10.2 Å². The molecule has 2 atom stereocenters. The topological polar surface area (TPSA) is 82.6 Å². The van der Waals surface area contributed by atoms with Crippen molar-refractivity contribution in [1.29, 1.82) is 0 Å². The van der Waals surface area contributed by atoms with Gasteiger partial charge in [0.2, 0.25) is 0 Å². The summed E-state index contributed by atoms with van der Waals surface area (Å²) in [5.41, 5.74) is 2.13. The third kappa shape index (κ3) is 2.76. The zero-order chi connectivity index (χ0) is 20.3. The van der Waals surface area contributed by atoms with Gasteiger partial charge in [0.15, 0.2) is 17.0 Å². The van der Waals surface area contributed by atoms with E-state index in [2.05, 4.69) is 35.4 Å². The molecule has 2 bridgehead atoms. The van der Waals surface area contributed by atoms with E-state index in [0.717, 1.165) is 35.1 Å². The number of hydrogen-bond donors (Lipinski definition) is 2. The van der Waals surface area contributed by atoms with E-state index in [1.54, 1.807) is 18.6 Å². The number of piperidine rings is 1. The van der Waals surface area contributed by atoms with Gasteiger partial charge in [0.25, 0.3) is 5.92 Å². The molecule has 6 rings (SSSR count). The highest BCUT2D eigenvalue weighted by Gasteiger charge is 2.50. The maximum Gasteiger partial charge on any atom is 0.252 e. The van der Waals surface area contributed by atoms with Crippen LogP contribution in [0.1, 0.15) is 25.7 Å². The van der Waals surface area contributed by atoms with Crippen LogP contribution in [-0.2, 0) is 0 Å². The van der Waals surface area contributed by atoms with Crippen LogP contribution in [0.15, 0.2) is 42.9 Å². The number of halogens is 2. The van der Waals surface area contributed by atoms with Crippen molar-refractivity contribution in [1.82, 2.24) is 25.1 Å². The summed E-state index contributed by atoms with van der Waals surface area (Å²) in [6.07, 6.45) is 6.40. The van der Waals surface area contributed by atoms with Crippen LogP contribution in [0.5, 0.6) is 0 Å². The summed E-state index contributed by atoms with van der Waals surface area (Å²) in [5.74, 6) is -1.17. The first kappa shape index (κ1) is 17.5. The third-order valence-electron chi connectivity index (χ3n) is 6.14. The predicted molar refractivity (Wildman–Crippen MR) is 110 cm³/mol. The van der Waals surface area contributed by atoms with E-state index in [0.29, 0.717) is 17.0 Å². The Labute approximate surface area is 170 Å². The van der Waals surface area contributed by atoms with Crippen molar-refractivity contribution in [3.63, 3.8) is 0 Å². The Bertz CT molecular complexity index is 1240. The van der Waals surface area contributed by atoms with Crippen molar-refractivity contribution >= 4 is 39.3 Å². The zero-order valence-corrected chi connectivity index (χ0v) is 16.0. The van der Waals surface area contributed by atoms with Crippen LogP contribution >= 0.6 is 0 Å². The minimum atomic E-state index is -2.57. The molecule has 5 heterocycles. The molecular weight excluding hydrogens is 388 g/mol. The molecule has 0 spiro atoms. The number of nitrogens with zero attached hydrogens (tertiary/aromatic N) is 5. The van der Waals surface area contributed by atoms with Crippen molar-refractivity contribution in [2.75, 3.05) is 10.2 Å². The Kier molecular flexibility index (Phi) is 3.68. The largest absolute Gasteiger partial charge is 0.350 e. The fourth-order valence-corrected chi connectivity index (χ4v) is 4.90. The zero-order valence-electron chi connectivity index (χ0n) is 16.0. The minimum Gasteiger partial charge on any atom is -0.350 e. The maximum absolute atomic E-state index is 14.0. The molecule has 2 fully saturated rings. The quantitative estimate of drug-likeness (QED) is 0.523. The molecule has 0 radical (unpaired) electrons. The maximum atomic E-state index is 14.0. The first-order valence-electron chi connectivity index (χ1n) is 10.0. The molecule has 0 aliphatic carbocycles. The van der Waals surface area contributed by atoms with Gasteiger partial charge in [-0.1, -0.05) is 0 Å². The molecule has 3 aromatic heterocycles. The normalized spacial score (nSPS) is 22.7. The molecule has 4 aromatic rings. The SMILES string of the molecule is FC1(F)CC2CCC(C1)N2c1nccc2cc(Nc3n[nH]c4nccnc34)ccc12. The lowest BCUT2D eigenvalue weighted by Crippen LogP contribution is -2.48. The number of alkyl halides is 2. The molecule has 0 saturated carbocycles. The third-order valence-corrected chi connectivity index (χ3v) is 6.14. The number of pyridine rings is 1. The highest BCUT2D eigenvalue weighted by atomic mass is 19.3. The highest BCUT2D eigenvalue weighted by Crippen LogP contribution is 2.46. The van der Waals surface area contributed by atoms with E-state index in [1.807, 2.05) is 24.3 Å². The van der Waals surface area contributed by atoms with E-state index in [9.17, 15) is 8.78 Å². The molecule has 2 saturated heterocycles. The number of rotatable bonds is 3. The highest BCUT2D eigenvalue weighted by molar-refractivity contribution is 5.95. The fraction of sp³-hybridized carbons (Fsp3) is 0.333. The molecule has 2 unspecified atom stereocenters. The van der Waals surface area contributed by atoms with Crippen LogP contribution in [0.2, 0.25) is 0 Å². The molecule has 152 valence electrons. The van der Waals surface area contributed by atoms with Gasteiger partial charge in [0.1, 0.15) is 5.82 Å². The Morgan fingerprint density at radius 2 is 1.80 bits per heavy atom. The average molecular weight is 407 g/mol. The van der Waals surface area contributed by atoms with Crippen molar-refractivity contribution in [2.45, 2.75) is 43.7 Å². The van der Waals surface area contributed by atoms with Crippen molar-refractivity contribution < 1.29 is 8.78 Å². The Balaban J connectivity index is 1.35. The number of anilines is 3. The van der Waals surface area contributed by atoms with Gasteiger partial charge < -0.3 is 10.2 Å². The molecule has 30 heavy (non-hydrogen) atoms. The molecule has 2 aliphatic rings. The first-order valence-corrected chi connectivity index (χ1v) is 10.0. The minimum absolute atomic E-state index is 0.0888. The summed E-state index contributed by atoms with van der Waals surface area (Å²) >= 11 is 0. The number of aromatic amines is 1. The summed E-state index contributed by atoms with van der Waals surface area (Å²) in [7, 11) is 0. The molecule has 1 aromatic carbocycles. The summed E-state index contributed by atoms with van der Waals surface area (Å²) in [6.45, 7) is 0. The number of aromatic nitrogens is 5. The van der Waals surface area contributed by atoms with E-state index >= 15 is 0 Å². The summed E-state index contributed by atoms with van der Waals surface area (Å²) in [4.78, 5) is 15.2. The lowest BCUT2D eigenvalue weighted by Gasteiger charge is -2.40. The van der Waals surface area contributed by atoms with Crippen molar-refractivity contribution in [2.24, 2.45) is 0 Å². The van der Waals surface area contributed by atoms with Crippen molar-refractivity contribution in [3.05, 3.63) is 42.9 Å². The monoisotopic (exact) mass is 407 g/mol. The van der Waals surface area contributed by atoms with Crippen molar-refractivity contribution in [3.8, 4) is 0 Å². The van der Waals surface area contributed by atoms with Crippen LogP contribution in [0.25, 0.3) is 21.9 Å². The van der Waals surface area contributed by atoms with Gasteiger partial charge in [0.05, 0.1) is 0 Å². The summed E-state index contributed by atoms with van der Waals surface area (Å²) in [6, 6.07) is 7.59. The van der Waals surface area contributed by atoms with E-state index < -0.39 is 5.92 Å². The van der Waals surface area contributed by atoms with Crippen LogP contribution in [0.4, 0.5) is 26.1 Å². The number of hydrogen-bond acceptors (Lipinski definition) is 6. The van der Waals surface area contributed by atoms with Crippen LogP contribution in [0, 0.1) is 0 Å². The molecule has 9 heteroatoms. The number of nitrogens with one attached hydrogen (secondary N) is 2. The lowest BCUT2D eigenvalue weighted by molar-refractivity contribution is -0.0358. The molecule has 0 amide bonds. The molecular formula is C21H19F2N7. The van der Waals surface area contributed by atoms with E-state index in [-0.39, 0.29) is 24.9 Å². The molecule has 2 N–H and O–H groups in total. The first-order chi connectivity index (χ1) is 14.6. The van der Waals surface area contributed by atoms with E-state index in [1.165, 1.54) is 0 Å². The Morgan fingerprint density at radius 1 is 1.00 bits per heavy atom. The molecule has 2 aliphatic heterocycles. The van der Waals surface area contributed by atoms with Gasteiger partial charge in [-0.3, -0.25) is 5.10 Å². The number of benzene rings is 1. The van der Waals surface area contributed by atoms with E-state index in [4.69, 9.17) is 0 Å². The second-order valence-electron chi connectivity index (χ2n) is 8.08. The predicted octanol–water partition coefficient (Wildman–Crippen LogP) is 4.41. The molecule has 7 nitrogen and oxygen atoms in total. The van der Waals surface area contributed by atoms with Gasteiger partial charge in [-0.2, -0.15) is 5.10 Å². The van der Waals surface area contributed by atoms with Gasteiger partial charge in [-0.25, -0.2) is 23.7 Å². The smallest absolute Gasteiger partial charge is 0.252 e. The Hall–Kier alpha value is -3.36. The lowest BCUT2D eigenvalue weighted by atomic mass is 9.98. The van der Waals surface area contributed by atoms with Crippen LogP contribution in [-0.4, -0.2) is 43.2 Å². The summed E-state index contributed by atoms with van der Waals surface area (Å²) in [5, 5.41) is 12.4. The number of H-pyrrole nitrogens is 1. The standard InChI is InChI=1S/C21H19F2N7/c22-21(23)10-14-2-3-15(11-21)30(14)20-16-4-1-13(9-12(16)5-6-26-20)27-19-17-18(28-29-19)25-8-7-24-17/h1,4-9,14-15H,2-3,10-11H2,(H2,25,27,28,29). The van der Waals surface area contributed by atoms with Gasteiger partial charge in [-0.05, 0) is 42.5 Å².